The van der Waals surface area contributed by atoms with Gasteiger partial charge in [-0.3, -0.25) is 14.0 Å². The molecule has 0 spiro atoms. The largest absolute Gasteiger partial charge is 0.497 e. The molecule has 0 atom stereocenters. The van der Waals surface area contributed by atoms with Crippen molar-refractivity contribution in [3.05, 3.63) is 58.7 Å². The Balaban J connectivity index is 1.42. The lowest BCUT2D eigenvalue weighted by atomic mass is 10.1. The molecule has 2 heterocycles. The van der Waals surface area contributed by atoms with Crippen molar-refractivity contribution < 1.29 is 14.3 Å². The molecule has 2 aromatic carbocycles. The molecule has 4 rings (SSSR count). The number of pyridine rings is 1. The highest BCUT2D eigenvalue weighted by Gasteiger charge is 2.15. The summed E-state index contributed by atoms with van der Waals surface area (Å²) in [5.41, 5.74) is 6.59. The van der Waals surface area contributed by atoms with Gasteiger partial charge in [-0.15, -0.1) is 10.2 Å². The van der Waals surface area contributed by atoms with Crippen LogP contribution in [0, 0.1) is 27.7 Å². The van der Waals surface area contributed by atoms with Crippen LogP contribution in [-0.4, -0.2) is 45.8 Å². The molecule has 0 aliphatic heterocycles. The number of aromatic nitrogens is 3. The highest BCUT2D eigenvalue weighted by atomic mass is 32.2. The van der Waals surface area contributed by atoms with Gasteiger partial charge in [0, 0.05) is 17.1 Å². The lowest BCUT2D eigenvalue weighted by molar-refractivity contribution is -0.122. The molecule has 0 radical (unpaired) electrons. The van der Waals surface area contributed by atoms with Crippen molar-refractivity contribution in [1.82, 2.24) is 19.9 Å². The summed E-state index contributed by atoms with van der Waals surface area (Å²) < 4.78 is 7.30. The Bertz CT molecular complexity index is 1390. The molecule has 0 aliphatic carbocycles. The van der Waals surface area contributed by atoms with Crippen LogP contribution in [0.25, 0.3) is 16.6 Å². The number of nitrogens with one attached hydrogen (secondary N) is 2. The number of methoxy groups -OCH3 is 1. The first-order valence-electron chi connectivity index (χ1n) is 10.9. The quantitative estimate of drug-likeness (QED) is 0.391. The second-order valence-electron chi connectivity index (χ2n) is 8.27. The Morgan fingerprint density at radius 1 is 0.971 bits per heavy atom. The number of hydrogen-bond donors (Lipinski definition) is 2. The summed E-state index contributed by atoms with van der Waals surface area (Å²) in [4.78, 5) is 24.8. The minimum Gasteiger partial charge on any atom is -0.497 e. The van der Waals surface area contributed by atoms with Crippen LogP contribution in [-0.2, 0) is 9.59 Å². The standard InChI is InChI=1S/C25H27N5O3S/c1-14-8-16(3)24(17(4)9-14)27-22(31)12-26-23(32)13-34-25-29-28-21-10-15(2)19-7-6-18(33-5)11-20(19)30(21)25/h6-11H,12-13H2,1-5H3,(H,26,32)(H,27,31). The van der Waals surface area contributed by atoms with Crippen LogP contribution in [0.3, 0.4) is 0 Å². The van der Waals surface area contributed by atoms with Gasteiger partial charge in [-0.1, -0.05) is 29.5 Å². The molecule has 8 nitrogen and oxygen atoms in total. The van der Waals surface area contributed by atoms with Crippen molar-refractivity contribution >= 4 is 45.8 Å². The Kier molecular flexibility index (Phi) is 6.74. The fourth-order valence-electron chi connectivity index (χ4n) is 4.04. The molecule has 0 aliphatic rings. The molecule has 2 aromatic heterocycles. The molecule has 34 heavy (non-hydrogen) atoms. The average Bonchev–Trinajstić information content (AvgIpc) is 3.21. The van der Waals surface area contributed by atoms with E-state index in [9.17, 15) is 9.59 Å². The Morgan fingerprint density at radius 3 is 2.41 bits per heavy atom. The van der Waals surface area contributed by atoms with E-state index in [1.54, 1.807) is 7.11 Å². The third-order valence-electron chi connectivity index (χ3n) is 5.59. The zero-order chi connectivity index (χ0) is 24.4. The zero-order valence-corrected chi connectivity index (χ0v) is 20.7. The van der Waals surface area contributed by atoms with Gasteiger partial charge in [-0.2, -0.15) is 0 Å². The van der Waals surface area contributed by atoms with Crippen molar-refractivity contribution in [2.24, 2.45) is 0 Å². The monoisotopic (exact) mass is 477 g/mol. The summed E-state index contributed by atoms with van der Waals surface area (Å²) in [6.07, 6.45) is 0. The molecular formula is C25H27N5O3S. The first-order valence-corrected chi connectivity index (χ1v) is 11.8. The van der Waals surface area contributed by atoms with Crippen molar-refractivity contribution in [1.29, 1.82) is 0 Å². The lowest BCUT2D eigenvalue weighted by Crippen LogP contribution is -2.34. The highest BCUT2D eigenvalue weighted by molar-refractivity contribution is 7.99. The predicted molar refractivity (Wildman–Crippen MR) is 135 cm³/mol. The number of hydrogen-bond acceptors (Lipinski definition) is 6. The van der Waals surface area contributed by atoms with Gasteiger partial charge in [0.15, 0.2) is 10.8 Å². The van der Waals surface area contributed by atoms with Gasteiger partial charge in [0.1, 0.15) is 5.75 Å². The summed E-state index contributed by atoms with van der Waals surface area (Å²) in [6, 6.07) is 11.8. The van der Waals surface area contributed by atoms with E-state index in [-0.39, 0.29) is 24.1 Å². The van der Waals surface area contributed by atoms with Crippen molar-refractivity contribution in [2.45, 2.75) is 32.9 Å². The third kappa shape index (κ3) is 4.84. The van der Waals surface area contributed by atoms with Crippen LogP contribution in [0.5, 0.6) is 5.75 Å². The van der Waals surface area contributed by atoms with Crippen molar-refractivity contribution in [3.63, 3.8) is 0 Å². The minimum absolute atomic E-state index is 0.105. The third-order valence-corrected chi connectivity index (χ3v) is 6.52. The summed E-state index contributed by atoms with van der Waals surface area (Å²) >= 11 is 1.27. The maximum Gasteiger partial charge on any atom is 0.243 e. The zero-order valence-electron chi connectivity index (χ0n) is 19.9. The number of ether oxygens (including phenoxy) is 1. The maximum absolute atomic E-state index is 12.4. The number of amides is 2. The molecule has 4 aromatic rings. The van der Waals surface area contributed by atoms with E-state index < -0.39 is 0 Å². The van der Waals surface area contributed by atoms with Crippen LogP contribution >= 0.6 is 11.8 Å². The van der Waals surface area contributed by atoms with Crippen LogP contribution in [0.2, 0.25) is 0 Å². The van der Waals surface area contributed by atoms with E-state index in [1.165, 1.54) is 11.8 Å². The average molecular weight is 478 g/mol. The number of benzene rings is 2. The Morgan fingerprint density at radius 2 is 1.71 bits per heavy atom. The van der Waals surface area contributed by atoms with Crippen molar-refractivity contribution in [3.8, 4) is 5.75 Å². The smallest absolute Gasteiger partial charge is 0.243 e. The van der Waals surface area contributed by atoms with E-state index in [4.69, 9.17) is 4.74 Å². The fraction of sp³-hybridized carbons (Fsp3) is 0.280. The number of aryl methyl sites for hydroxylation is 4. The Labute approximate surface area is 202 Å². The van der Waals surface area contributed by atoms with E-state index in [0.717, 1.165) is 44.6 Å². The summed E-state index contributed by atoms with van der Waals surface area (Å²) in [5.74, 6) is 0.306. The summed E-state index contributed by atoms with van der Waals surface area (Å²) in [7, 11) is 1.62. The van der Waals surface area contributed by atoms with Gasteiger partial charge in [-0.05, 0) is 62.6 Å². The van der Waals surface area contributed by atoms with Gasteiger partial charge < -0.3 is 15.4 Å². The first-order chi connectivity index (χ1) is 16.3. The lowest BCUT2D eigenvalue weighted by Gasteiger charge is -2.13. The molecule has 2 amide bonds. The van der Waals surface area contributed by atoms with Crippen LogP contribution < -0.4 is 15.4 Å². The van der Waals surface area contributed by atoms with Gasteiger partial charge in [0.25, 0.3) is 0 Å². The second-order valence-corrected chi connectivity index (χ2v) is 9.22. The second kappa shape index (κ2) is 9.72. The first kappa shape index (κ1) is 23.6. The number of carbonyl (C=O) groups excluding carboxylic acids is 2. The number of carbonyl (C=O) groups is 2. The maximum atomic E-state index is 12.4. The molecule has 0 saturated carbocycles. The van der Waals surface area contributed by atoms with Gasteiger partial charge in [0.2, 0.25) is 11.8 Å². The molecule has 2 N–H and O–H groups in total. The van der Waals surface area contributed by atoms with E-state index in [1.807, 2.05) is 68.5 Å². The minimum atomic E-state index is -0.269. The van der Waals surface area contributed by atoms with Gasteiger partial charge in [0.05, 0.1) is 24.9 Å². The van der Waals surface area contributed by atoms with E-state index in [2.05, 4.69) is 20.8 Å². The summed E-state index contributed by atoms with van der Waals surface area (Å²) in [6.45, 7) is 7.84. The highest BCUT2D eigenvalue weighted by Crippen LogP contribution is 2.28. The number of anilines is 1. The molecule has 9 heteroatoms. The fourth-order valence-corrected chi connectivity index (χ4v) is 4.83. The molecule has 176 valence electrons. The Hall–Kier alpha value is -3.59. The molecule has 0 fully saturated rings. The van der Waals surface area contributed by atoms with Gasteiger partial charge >= 0.3 is 0 Å². The normalized spacial score (nSPS) is 11.1. The molecule has 0 saturated heterocycles. The van der Waals surface area contributed by atoms with Crippen LogP contribution in [0.4, 0.5) is 5.69 Å². The molecular weight excluding hydrogens is 450 g/mol. The van der Waals surface area contributed by atoms with E-state index >= 15 is 0 Å². The van der Waals surface area contributed by atoms with Crippen LogP contribution in [0.1, 0.15) is 22.3 Å². The molecule has 0 bridgehead atoms. The SMILES string of the molecule is COc1ccc2c(C)cc3nnc(SCC(=O)NCC(=O)Nc4c(C)cc(C)cc4C)n3c2c1. The summed E-state index contributed by atoms with van der Waals surface area (Å²) in [5, 5.41) is 15.8. The van der Waals surface area contributed by atoms with Crippen molar-refractivity contribution in [2.75, 3.05) is 24.7 Å². The van der Waals surface area contributed by atoms with E-state index in [0.29, 0.717) is 10.8 Å². The van der Waals surface area contributed by atoms with Crippen LogP contribution in [0.15, 0.2) is 41.6 Å². The number of nitrogens with zero attached hydrogens (tertiary/aromatic N) is 3. The van der Waals surface area contributed by atoms with Gasteiger partial charge in [-0.25, -0.2) is 0 Å². The topological polar surface area (TPSA) is 97.6 Å². The number of fused-ring (bicyclic) bond motifs is 3. The molecule has 0 unspecified atom stereocenters. The number of rotatable bonds is 7. The number of thioether (sulfide) groups is 1. The predicted octanol–water partition coefficient (Wildman–Crippen LogP) is 3.97.